The Morgan fingerprint density at radius 2 is 1.76 bits per heavy atom. The molecule has 4 aromatic rings. The van der Waals surface area contributed by atoms with Gasteiger partial charge < -0.3 is 14.6 Å². The van der Waals surface area contributed by atoms with Crippen LogP contribution in [0, 0.1) is 6.92 Å². The zero-order chi connectivity index (χ0) is 20.1. The summed E-state index contributed by atoms with van der Waals surface area (Å²) in [6.45, 7) is 4.29. The molecule has 1 aliphatic rings. The van der Waals surface area contributed by atoms with Gasteiger partial charge in [0.2, 0.25) is 0 Å². The van der Waals surface area contributed by atoms with Gasteiger partial charge in [-0.05, 0) is 75.3 Å². The highest BCUT2D eigenvalue weighted by Crippen LogP contribution is 2.35. The lowest BCUT2D eigenvalue weighted by molar-refractivity contribution is 0.222. The highest BCUT2D eigenvalue weighted by atomic mass is 35.5. The summed E-state index contributed by atoms with van der Waals surface area (Å²) in [6.07, 6.45) is 4.13. The maximum atomic E-state index is 9.75. The van der Waals surface area contributed by atoms with Crippen molar-refractivity contribution in [3.8, 4) is 16.9 Å². The van der Waals surface area contributed by atoms with Crippen LogP contribution in [0.4, 0.5) is 0 Å². The Kier molecular flexibility index (Phi) is 4.45. The molecule has 5 rings (SSSR count). The SMILES string of the molecule is Cc1nc2cnc3ccc(-c4ccc(O)c(Cl)c4)cc3c2n1C1CCN(C)CC1. The first-order valence-electron chi connectivity index (χ1n) is 9.96. The van der Waals surface area contributed by atoms with E-state index in [1.165, 1.54) is 0 Å². The van der Waals surface area contributed by atoms with Gasteiger partial charge in [-0.15, -0.1) is 0 Å². The van der Waals surface area contributed by atoms with E-state index in [1.807, 2.05) is 24.4 Å². The van der Waals surface area contributed by atoms with Crippen molar-refractivity contribution in [3.63, 3.8) is 0 Å². The van der Waals surface area contributed by atoms with Crippen LogP contribution in [0.2, 0.25) is 5.02 Å². The van der Waals surface area contributed by atoms with Crippen molar-refractivity contribution < 1.29 is 5.11 Å². The number of hydrogen-bond acceptors (Lipinski definition) is 4. The van der Waals surface area contributed by atoms with E-state index in [4.69, 9.17) is 16.6 Å². The molecule has 0 atom stereocenters. The van der Waals surface area contributed by atoms with E-state index >= 15 is 0 Å². The summed E-state index contributed by atoms with van der Waals surface area (Å²) in [4.78, 5) is 11.8. The molecule has 148 valence electrons. The maximum absolute atomic E-state index is 9.75. The van der Waals surface area contributed by atoms with Gasteiger partial charge in [-0.25, -0.2) is 4.98 Å². The van der Waals surface area contributed by atoms with E-state index in [1.54, 1.807) is 12.1 Å². The van der Waals surface area contributed by atoms with E-state index in [9.17, 15) is 5.11 Å². The molecule has 2 aromatic heterocycles. The van der Waals surface area contributed by atoms with Crippen molar-refractivity contribution in [1.82, 2.24) is 19.4 Å². The van der Waals surface area contributed by atoms with E-state index in [2.05, 4.69) is 34.5 Å². The number of imidazole rings is 1. The Bertz CT molecular complexity index is 1220. The number of phenolic OH excluding ortho intramolecular Hbond substituents is 1. The number of piperidine rings is 1. The molecule has 1 fully saturated rings. The van der Waals surface area contributed by atoms with Crippen molar-refractivity contribution in [3.05, 3.63) is 53.4 Å². The van der Waals surface area contributed by atoms with E-state index in [-0.39, 0.29) is 5.75 Å². The van der Waals surface area contributed by atoms with Crippen LogP contribution in [0.25, 0.3) is 33.1 Å². The number of halogens is 1. The number of phenols is 1. The summed E-state index contributed by atoms with van der Waals surface area (Å²) in [5, 5.41) is 11.2. The molecule has 0 spiro atoms. The highest BCUT2D eigenvalue weighted by molar-refractivity contribution is 6.32. The predicted octanol–water partition coefficient (Wildman–Crippen LogP) is 5.19. The van der Waals surface area contributed by atoms with Gasteiger partial charge >= 0.3 is 0 Å². The molecule has 0 saturated carbocycles. The van der Waals surface area contributed by atoms with E-state index < -0.39 is 0 Å². The van der Waals surface area contributed by atoms with Gasteiger partial charge in [0.05, 0.1) is 22.3 Å². The Hall–Kier alpha value is -2.63. The minimum Gasteiger partial charge on any atom is -0.506 e. The standard InChI is InChI=1S/C23H23ClN4O/c1-14-26-21-13-25-20-5-3-15(16-4-6-22(29)19(24)12-16)11-18(20)23(21)28(14)17-7-9-27(2)10-8-17/h3-6,11-13,17,29H,7-10H2,1-2H3. The molecular weight excluding hydrogens is 384 g/mol. The Balaban J connectivity index is 1.71. The highest BCUT2D eigenvalue weighted by Gasteiger charge is 2.23. The fourth-order valence-corrected chi connectivity index (χ4v) is 4.64. The Labute approximate surface area is 174 Å². The van der Waals surface area contributed by atoms with Crippen LogP contribution in [0.15, 0.2) is 42.6 Å². The number of fused-ring (bicyclic) bond motifs is 3. The lowest BCUT2D eigenvalue weighted by Crippen LogP contribution is -2.31. The molecule has 0 amide bonds. The molecule has 6 heteroatoms. The van der Waals surface area contributed by atoms with Crippen LogP contribution < -0.4 is 0 Å². The number of hydrogen-bond donors (Lipinski definition) is 1. The average Bonchev–Trinajstić information content (AvgIpc) is 3.06. The zero-order valence-corrected chi connectivity index (χ0v) is 17.3. The molecule has 0 unspecified atom stereocenters. The first kappa shape index (κ1) is 18.4. The van der Waals surface area contributed by atoms with Gasteiger partial charge in [0.25, 0.3) is 0 Å². The van der Waals surface area contributed by atoms with Crippen molar-refractivity contribution in [2.45, 2.75) is 25.8 Å². The minimum absolute atomic E-state index is 0.0937. The monoisotopic (exact) mass is 406 g/mol. The molecule has 0 radical (unpaired) electrons. The second-order valence-electron chi connectivity index (χ2n) is 7.95. The second-order valence-corrected chi connectivity index (χ2v) is 8.36. The minimum atomic E-state index is 0.0937. The number of aryl methyl sites for hydroxylation is 1. The molecule has 1 aliphatic heterocycles. The summed E-state index contributed by atoms with van der Waals surface area (Å²) in [7, 11) is 2.18. The number of likely N-dealkylation sites (tertiary alicyclic amines) is 1. The number of aromatic hydroxyl groups is 1. The first-order chi connectivity index (χ1) is 14.0. The van der Waals surface area contributed by atoms with Crippen molar-refractivity contribution >= 4 is 33.5 Å². The largest absolute Gasteiger partial charge is 0.506 e. The quantitative estimate of drug-likeness (QED) is 0.498. The van der Waals surface area contributed by atoms with Crippen molar-refractivity contribution in [2.75, 3.05) is 20.1 Å². The fraction of sp³-hybridized carbons (Fsp3) is 0.304. The zero-order valence-electron chi connectivity index (χ0n) is 16.6. The third-order valence-electron chi connectivity index (χ3n) is 6.03. The lowest BCUT2D eigenvalue weighted by atomic mass is 10.0. The summed E-state index contributed by atoms with van der Waals surface area (Å²) in [6, 6.07) is 12.0. The van der Waals surface area contributed by atoms with Gasteiger partial charge in [-0.3, -0.25) is 4.98 Å². The molecule has 0 bridgehead atoms. The number of pyridine rings is 1. The first-order valence-corrected chi connectivity index (χ1v) is 10.3. The summed E-state index contributed by atoms with van der Waals surface area (Å²) >= 11 is 6.14. The smallest absolute Gasteiger partial charge is 0.134 e. The summed E-state index contributed by atoms with van der Waals surface area (Å²) in [5.74, 6) is 1.14. The number of aromatic nitrogens is 3. The van der Waals surface area contributed by atoms with Crippen LogP contribution in [0.3, 0.4) is 0 Å². The molecule has 5 nitrogen and oxygen atoms in total. The second kappa shape index (κ2) is 7.01. The maximum Gasteiger partial charge on any atom is 0.134 e. The number of rotatable bonds is 2. The van der Waals surface area contributed by atoms with Crippen LogP contribution in [0.1, 0.15) is 24.7 Å². The van der Waals surface area contributed by atoms with E-state index in [0.29, 0.717) is 11.1 Å². The van der Waals surface area contributed by atoms with Gasteiger partial charge in [-0.2, -0.15) is 0 Å². The molecule has 0 aliphatic carbocycles. The third kappa shape index (κ3) is 3.15. The molecule has 1 N–H and O–H groups in total. The Morgan fingerprint density at radius 3 is 2.52 bits per heavy atom. The van der Waals surface area contributed by atoms with Crippen LogP contribution >= 0.6 is 11.6 Å². The van der Waals surface area contributed by atoms with Crippen molar-refractivity contribution in [2.24, 2.45) is 0 Å². The van der Waals surface area contributed by atoms with Crippen LogP contribution in [0.5, 0.6) is 5.75 Å². The topological polar surface area (TPSA) is 54.2 Å². The Morgan fingerprint density at radius 1 is 1.03 bits per heavy atom. The lowest BCUT2D eigenvalue weighted by Gasteiger charge is -2.31. The van der Waals surface area contributed by atoms with Crippen LogP contribution in [-0.2, 0) is 0 Å². The number of benzene rings is 2. The van der Waals surface area contributed by atoms with Crippen molar-refractivity contribution in [1.29, 1.82) is 0 Å². The normalized spacial score (nSPS) is 16.1. The molecule has 2 aromatic carbocycles. The van der Waals surface area contributed by atoms with Crippen LogP contribution in [-0.4, -0.2) is 44.7 Å². The van der Waals surface area contributed by atoms with E-state index in [0.717, 1.165) is 64.8 Å². The van der Waals surface area contributed by atoms with Gasteiger partial charge in [0.1, 0.15) is 17.1 Å². The fourth-order valence-electron chi connectivity index (χ4n) is 4.46. The van der Waals surface area contributed by atoms with Gasteiger partial charge in [-0.1, -0.05) is 23.7 Å². The van der Waals surface area contributed by atoms with Gasteiger partial charge in [0.15, 0.2) is 0 Å². The van der Waals surface area contributed by atoms with Gasteiger partial charge in [0, 0.05) is 11.4 Å². The average molecular weight is 407 g/mol. The molecule has 3 heterocycles. The molecule has 29 heavy (non-hydrogen) atoms. The molecule has 1 saturated heterocycles. The third-order valence-corrected chi connectivity index (χ3v) is 6.33. The molecular formula is C23H23ClN4O. The summed E-state index contributed by atoms with van der Waals surface area (Å²) in [5.41, 5.74) is 5.07. The predicted molar refractivity (Wildman–Crippen MR) is 118 cm³/mol. The summed E-state index contributed by atoms with van der Waals surface area (Å²) < 4.78 is 2.42. The number of nitrogens with zero attached hydrogens (tertiary/aromatic N) is 4.